The van der Waals surface area contributed by atoms with Crippen molar-refractivity contribution in [2.24, 2.45) is 0 Å². The van der Waals surface area contributed by atoms with Gasteiger partial charge in [-0.25, -0.2) is 4.79 Å². The molecule has 0 aromatic heterocycles. The second-order valence-electron chi connectivity index (χ2n) is 3.54. The van der Waals surface area contributed by atoms with Crippen molar-refractivity contribution >= 4 is 11.7 Å². The van der Waals surface area contributed by atoms with Crippen molar-refractivity contribution in [3.05, 3.63) is 29.3 Å². The Morgan fingerprint density at radius 3 is 2.65 bits per heavy atom. The van der Waals surface area contributed by atoms with Crippen LogP contribution in [0.2, 0.25) is 0 Å². The molecule has 0 heterocycles. The fraction of sp³-hybridized carbons (Fsp3) is 0.364. The summed E-state index contributed by atoms with van der Waals surface area (Å²) in [5, 5.41) is 0. The monoisotopic (exact) mass is 247 g/mol. The van der Waals surface area contributed by atoms with E-state index in [1.54, 1.807) is 19.1 Å². The smallest absolute Gasteiger partial charge is 0.392 e. The number of carbonyl (C=O) groups excluding carboxylic acids is 1. The van der Waals surface area contributed by atoms with Gasteiger partial charge in [0.25, 0.3) is 0 Å². The molecule has 6 heteroatoms. The molecular formula is C11H12F3NO2. The van der Waals surface area contributed by atoms with Crippen LogP contribution in [0.15, 0.2) is 18.2 Å². The van der Waals surface area contributed by atoms with Crippen LogP contribution in [0, 0.1) is 6.92 Å². The molecule has 0 aliphatic carbocycles. The third-order valence-electron chi connectivity index (χ3n) is 2.16. The molecule has 2 N–H and O–H groups in total. The summed E-state index contributed by atoms with van der Waals surface area (Å²) in [5.41, 5.74) is 6.61. The molecule has 0 aliphatic rings. The molecule has 0 fully saturated rings. The van der Waals surface area contributed by atoms with Crippen molar-refractivity contribution in [1.82, 2.24) is 0 Å². The number of nitrogen functional groups attached to an aromatic ring is 1. The number of anilines is 1. The molecule has 3 nitrogen and oxygen atoms in total. The molecule has 17 heavy (non-hydrogen) atoms. The van der Waals surface area contributed by atoms with E-state index in [2.05, 4.69) is 4.74 Å². The Labute approximate surface area is 96.4 Å². The molecule has 0 atom stereocenters. The molecule has 0 radical (unpaired) electrons. The lowest BCUT2D eigenvalue weighted by Gasteiger charge is -2.09. The summed E-state index contributed by atoms with van der Waals surface area (Å²) in [7, 11) is 0. The maximum absolute atomic E-state index is 11.8. The van der Waals surface area contributed by atoms with Crippen LogP contribution in [0.5, 0.6) is 0 Å². The van der Waals surface area contributed by atoms with Crippen LogP contribution in [0.3, 0.4) is 0 Å². The minimum absolute atomic E-state index is 0.0900. The minimum Gasteiger partial charge on any atom is -0.462 e. The second-order valence-corrected chi connectivity index (χ2v) is 3.54. The summed E-state index contributed by atoms with van der Waals surface area (Å²) in [5.74, 6) is -0.838. The number of nitrogens with two attached hydrogens (primary N) is 1. The topological polar surface area (TPSA) is 52.3 Å². The Balaban J connectivity index is 2.62. The number of carbonyl (C=O) groups is 1. The SMILES string of the molecule is Cc1cccc(C(=O)OCCC(F)(F)F)c1N. The molecule has 0 saturated heterocycles. The molecule has 0 spiro atoms. The number of esters is 1. The molecule has 0 saturated carbocycles. The van der Waals surface area contributed by atoms with Crippen LogP contribution in [-0.2, 0) is 4.74 Å². The summed E-state index contributed by atoms with van der Waals surface area (Å²) in [6.45, 7) is 0.998. The molecule has 0 aliphatic heterocycles. The highest BCUT2D eigenvalue weighted by atomic mass is 19.4. The van der Waals surface area contributed by atoms with Gasteiger partial charge in [0.2, 0.25) is 0 Å². The molecule has 94 valence electrons. The van der Waals surface area contributed by atoms with Gasteiger partial charge in [0.15, 0.2) is 0 Å². The standard InChI is InChI=1S/C11H12F3NO2/c1-7-3-2-4-8(9(7)15)10(16)17-6-5-11(12,13)14/h2-4H,5-6,15H2,1H3. The Hall–Kier alpha value is -1.72. The van der Waals surface area contributed by atoms with E-state index in [0.29, 0.717) is 5.56 Å². The molecule has 1 aromatic carbocycles. The van der Waals surface area contributed by atoms with Gasteiger partial charge in [0.05, 0.1) is 12.0 Å². The maximum Gasteiger partial charge on any atom is 0.392 e. The lowest BCUT2D eigenvalue weighted by molar-refractivity contribution is -0.141. The molecule has 0 bridgehead atoms. The molecule has 1 aromatic rings. The van der Waals surface area contributed by atoms with Crippen molar-refractivity contribution in [2.75, 3.05) is 12.3 Å². The van der Waals surface area contributed by atoms with Gasteiger partial charge >= 0.3 is 12.1 Å². The van der Waals surface area contributed by atoms with Crippen LogP contribution in [0.25, 0.3) is 0 Å². The van der Waals surface area contributed by atoms with Crippen LogP contribution < -0.4 is 5.73 Å². The van der Waals surface area contributed by atoms with Gasteiger partial charge in [-0.05, 0) is 18.6 Å². The molecule has 0 unspecified atom stereocenters. The zero-order valence-corrected chi connectivity index (χ0v) is 9.17. The van der Waals surface area contributed by atoms with E-state index in [0.717, 1.165) is 0 Å². The Bertz CT molecular complexity index is 416. The van der Waals surface area contributed by atoms with Gasteiger partial charge in [-0.2, -0.15) is 13.2 Å². The first-order valence-electron chi connectivity index (χ1n) is 4.90. The highest BCUT2D eigenvalue weighted by Gasteiger charge is 2.27. The largest absolute Gasteiger partial charge is 0.462 e. The Morgan fingerprint density at radius 1 is 1.41 bits per heavy atom. The van der Waals surface area contributed by atoms with Gasteiger partial charge in [0, 0.05) is 5.69 Å². The van der Waals surface area contributed by atoms with E-state index < -0.39 is 25.2 Å². The van der Waals surface area contributed by atoms with E-state index in [4.69, 9.17) is 5.73 Å². The van der Waals surface area contributed by atoms with Crippen LogP contribution in [-0.4, -0.2) is 18.8 Å². The van der Waals surface area contributed by atoms with Crippen molar-refractivity contribution < 1.29 is 22.7 Å². The van der Waals surface area contributed by atoms with Crippen molar-refractivity contribution in [3.8, 4) is 0 Å². The van der Waals surface area contributed by atoms with Gasteiger partial charge in [-0.1, -0.05) is 12.1 Å². The number of hydrogen-bond acceptors (Lipinski definition) is 3. The van der Waals surface area contributed by atoms with E-state index >= 15 is 0 Å². The highest BCUT2D eigenvalue weighted by Crippen LogP contribution is 2.21. The van der Waals surface area contributed by atoms with Crippen LogP contribution in [0.4, 0.5) is 18.9 Å². The number of rotatable bonds is 3. The minimum atomic E-state index is -4.33. The summed E-state index contributed by atoms with van der Waals surface area (Å²) in [4.78, 5) is 11.4. The predicted molar refractivity (Wildman–Crippen MR) is 56.5 cm³/mol. The quantitative estimate of drug-likeness (QED) is 0.660. The van der Waals surface area contributed by atoms with E-state index in [1.807, 2.05) is 0 Å². The van der Waals surface area contributed by atoms with E-state index in [9.17, 15) is 18.0 Å². The highest BCUT2D eigenvalue weighted by molar-refractivity contribution is 5.95. The summed E-state index contributed by atoms with van der Waals surface area (Å²) in [6, 6.07) is 4.70. The number of alkyl halides is 3. The van der Waals surface area contributed by atoms with Crippen molar-refractivity contribution in [1.29, 1.82) is 0 Å². The lowest BCUT2D eigenvalue weighted by Crippen LogP contribution is -2.15. The first kappa shape index (κ1) is 13.3. The first-order valence-corrected chi connectivity index (χ1v) is 4.90. The van der Waals surface area contributed by atoms with Gasteiger partial charge in [-0.15, -0.1) is 0 Å². The summed E-state index contributed by atoms with van der Waals surface area (Å²) in [6.07, 6.45) is -5.50. The number of hydrogen-bond donors (Lipinski definition) is 1. The third-order valence-corrected chi connectivity index (χ3v) is 2.16. The second kappa shape index (κ2) is 5.07. The lowest BCUT2D eigenvalue weighted by atomic mass is 10.1. The molecular weight excluding hydrogens is 235 g/mol. The molecule has 0 amide bonds. The Morgan fingerprint density at radius 2 is 2.06 bits per heavy atom. The van der Waals surface area contributed by atoms with Gasteiger partial charge in [0.1, 0.15) is 6.61 Å². The van der Waals surface area contributed by atoms with Crippen LogP contribution in [0.1, 0.15) is 22.3 Å². The third kappa shape index (κ3) is 3.97. The summed E-state index contributed by atoms with van der Waals surface area (Å²) < 4.78 is 40.0. The van der Waals surface area contributed by atoms with Crippen molar-refractivity contribution in [2.45, 2.75) is 19.5 Å². The number of ether oxygens (including phenoxy) is 1. The molecule has 1 rings (SSSR count). The first-order chi connectivity index (χ1) is 7.81. The number of halogens is 3. The van der Waals surface area contributed by atoms with Gasteiger partial charge in [-0.3, -0.25) is 0 Å². The fourth-order valence-corrected chi connectivity index (χ4v) is 1.20. The predicted octanol–water partition coefficient (Wildman–Crippen LogP) is 2.69. The normalized spacial score (nSPS) is 11.3. The fourth-order valence-electron chi connectivity index (χ4n) is 1.20. The van der Waals surface area contributed by atoms with E-state index in [1.165, 1.54) is 6.07 Å². The van der Waals surface area contributed by atoms with Gasteiger partial charge < -0.3 is 10.5 Å². The van der Waals surface area contributed by atoms with Crippen molar-refractivity contribution in [3.63, 3.8) is 0 Å². The Kier molecular flexibility index (Phi) is 3.98. The number of aryl methyl sites for hydroxylation is 1. The number of benzene rings is 1. The van der Waals surface area contributed by atoms with E-state index in [-0.39, 0.29) is 11.3 Å². The maximum atomic E-state index is 11.8. The number of para-hydroxylation sites is 1. The average molecular weight is 247 g/mol. The zero-order chi connectivity index (χ0) is 13.1. The summed E-state index contributed by atoms with van der Waals surface area (Å²) >= 11 is 0. The van der Waals surface area contributed by atoms with Crippen LogP contribution >= 0.6 is 0 Å². The zero-order valence-electron chi connectivity index (χ0n) is 9.17. The average Bonchev–Trinajstić information content (AvgIpc) is 2.20.